The summed E-state index contributed by atoms with van der Waals surface area (Å²) in [6, 6.07) is 0. The topological polar surface area (TPSA) is 117 Å². The van der Waals surface area contributed by atoms with E-state index in [4.69, 9.17) is 24.3 Å². The van der Waals surface area contributed by atoms with Crippen molar-refractivity contribution >= 4 is 13.8 Å². The van der Waals surface area contributed by atoms with Crippen LogP contribution in [-0.2, 0) is 27.9 Å². The Morgan fingerprint density at radius 1 is 0.566 bits per heavy atom. The SMILES string of the molecule is CCC/C=C\C/C=C\CCCCCCCCOCC(COP(=O)(O)OCCN)OC(=O)CCCCCCCCCCCCCCCCCCCCCC. The van der Waals surface area contributed by atoms with Gasteiger partial charge in [0.25, 0.3) is 0 Å². The van der Waals surface area contributed by atoms with E-state index in [0.717, 1.165) is 44.9 Å². The minimum absolute atomic E-state index is 0.0956. The Bertz CT molecular complexity index is 869. The van der Waals surface area contributed by atoms with Gasteiger partial charge in [-0.3, -0.25) is 13.8 Å². The summed E-state index contributed by atoms with van der Waals surface area (Å²) in [6.07, 6.45) is 46.3. The fourth-order valence-electron chi connectivity index (χ4n) is 6.33. The maximum Gasteiger partial charge on any atom is 0.472 e. The molecule has 0 rings (SSSR count). The number of allylic oxidation sites excluding steroid dienone is 4. The fraction of sp³-hybridized carbons (Fsp3) is 0.886. The van der Waals surface area contributed by atoms with E-state index in [1.165, 1.54) is 148 Å². The van der Waals surface area contributed by atoms with Crippen molar-refractivity contribution in [1.82, 2.24) is 0 Å². The van der Waals surface area contributed by atoms with Gasteiger partial charge < -0.3 is 20.1 Å². The largest absolute Gasteiger partial charge is 0.472 e. The van der Waals surface area contributed by atoms with Crippen LogP contribution in [-0.4, -0.2) is 49.9 Å². The van der Waals surface area contributed by atoms with E-state index < -0.39 is 13.9 Å². The van der Waals surface area contributed by atoms with Crippen LogP contribution >= 0.6 is 7.82 Å². The van der Waals surface area contributed by atoms with Gasteiger partial charge in [0.15, 0.2) is 0 Å². The zero-order chi connectivity index (χ0) is 38.8. The summed E-state index contributed by atoms with van der Waals surface area (Å²) in [7, 11) is -4.27. The normalized spacial score (nSPS) is 13.7. The van der Waals surface area contributed by atoms with E-state index in [9.17, 15) is 14.3 Å². The van der Waals surface area contributed by atoms with Crippen molar-refractivity contribution in [3.05, 3.63) is 24.3 Å². The molecule has 2 unspecified atom stereocenters. The van der Waals surface area contributed by atoms with Gasteiger partial charge in [0.05, 0.1) is 19.8 Å². The smallest absolute Gasteiger partial charge is 0.457 e. The van der Waals surface area contributed by atoms with E-state index in [2.05, 4.69) is 38.2 Å². The third-order valence-corrected chi connectivity index (χ3v) is 10.6. The minimum atomic E-state index is -4.27. The zero-order valence-electron chi connectivity index (χ0n) is 34.8. The van der Waals surface area contributed by atoms with Crippen LogP contribution in [0.25, 0.3) is 0 Å². The van der Waals surface area contributed by atoms with Crippen molar-refractivity contribution in [1.29, 1.82) is 0 Å². The molecule has 0 aromatic carbocycles. The second-order valence-corrected chi connectivity index (χ2v) is 16.4. The van der Waals surface area contributed by atoms with Crippen molar-refractivity contribution in [2.24, 2.45) is 5.73 Å². The number of carbonyl (C=O) groups excluding carboxylic acids is 1. The number of phosphoric acid groups is 1. The number of ether oxygens (including phenoxy) is 2. The van der Waals surface area contributed by atoms with Crippen LogP contribution in [0.5, 0.6) is 0 Å². The number of nitrogens with two attached hydrogens (primary N) is 1. The Morgan fingerprint density at radius 2 is 1.04 bits per heavy atom. The first-order valence-corrected chi connectivity index (χ1v) is 23.8. The monoisotopic (exact) mass is 772 g/mol. The molecule has 0 heterocycles. The predicted molar refractivity (Wildman–Crippen MR) is 224 cm³/mol. The number of hydrogen-bond acceptors (Lipinski definition) is 7. The first-order chi connectivity index (χ1) is 25.9. The lowest BCUT2D eigenvalue weighted by molar-refractivity contribution is -0.154. The van der Waals surface area contributed by atoms with Crippen molar-refractivity contribution in [3.63, 3.8) is 0 Å². The molecule has 0 aliphatic rings. The number of esters is 1. The maximum absolute atomic E-state index is 12.6. The fourth-order valence-corrected chi connectivity index (χ4v) is 7.10. The Hall–Kier alpha value is -1.02. The maximum atomic E-state index is 12.6. The molecule has 0 saturated heterocycles. The highest BCUT2D eigenvalue weighted by molar-refractivity contribution is 7.47. The lowest BCUT2D eigenvalue weighted by atomic mass is 10.0. The van der Waals surface area contributed by atoms with E-state index >= 15 is 0 Å². The van der Waals surface area contributed by atoms with Crippen LogP contribution in [0, 0.1) is 0 Å². The summed E-state index contributed by atoms with van der Waals surface area (Å²) in [4.78, 5) is 22.5. The molecule has 53 heavy (non-hydrogen) atoms. The van der Waals surface area contributed by atoms with Gasteiger partial charge in [-0.05, 0) is 38.5 Å². The molecule has 0 fully saturated rings. The molecule has 0 bridgehead atoms. The van der Waals surface area contributed by atoms with E-state index in [0.29, 0.717) is 13.0 Å². The van der Waals surface area contributed by atoms with Gasteiger partial charge in [-0.15, -0.1) is 0 Å². The van der Waals surface area contributed by atoms with Gasteiger partial charge >= 0.3 is 13.8 Å². The van der Waals surface area contributed by atoms with Gasteiger partial charge in [-0.2, -0.15) is 0 Å². The Kier molecular flexibility index (Phi) is 41.3. The van der Waals surface area contributed by atoms with E-state index in [1.54, 1.807) is 0 Å². The molecule has 0 saturated carbocycles. The first-order valence-electron chi connectivity index (χ1n) is 22.3. The molecule has 0 aliphatic carbocycles. The third-order valence-electron chi connectivity index (χ3n) is 9.60. The highest BCUT2D eigenvalue weighted by Gasteiger charge is 2.25. The number of carbonyl (C=O) groups is 1. The van der Waals surface area contributed by atoms with Gasteiger partial charge in [0, 0.05) is 19.6 Å². The number of rotatable bonds is 43. The summed E-state index contributed by atoms with van der Waals surface area (Å²) >= 11 is 0. The molecule has 0 amide bonds. The van der Waals surface area contributed by atoms with Crippen LogP contribution in [0.1, 0.15) is 213 Å². The molecule has 314 valence electrons. The van der Waals surface area contributed by atoms with Crippen molar-refractivity contribution < 1.29 is 32.8 Å². The van der Waals surface area contributed by atoms with E-state index in [1.807, 2.05) is 0 Å². The van der Waals surface area contributed by atoms with Crippen molar-refractivity contribution in [3.8, 4) is 0 Å². The second kappa shape index (κ2) is 42.1. The predicted octanol–water partition coefficient (Wildman–Crippen LogP) is 13.3. The Balaban J connectivity index is 3.96. The molecule has 0 aromatic rings. The average Bonchev–Trinajstić information content (AvgIpc) is 3.15. The number of unbranched alkanes of at least 4 members (excludes halogenated alkanes) is 26. The molecule has 0 spiro atoms. The van der Waals surface area contributed by atoms with Crippen molar-refractivity contribution in [2.75, 3.05) is 33.0 Å². The molecule has 0 aliphatic heterocycles. The standard InChI is InChI=1S/C44H86NO7P/c1-3-5-7-9-11-13-15-17-19-20-21-22-23-24-25-27-29-31-33-35-37-44(46)52-43(42-51-53(47,48)50-40-38-45)41-49-39-36-34-32-30-28-26-18-16-14-12-10-8-6-4-2/h8,10,14,16,43H,3-7,9,11-13,15,17-42,45H2,1-2H3,(H,47,48)/b10-8-,16-14-. The van der Waals surface area contributed by atoms with Crippen LogP contribution in [0.4, 0.5) is 0 Å². The van der Waals surface area contributed by atoms with Crippen molar-refractivity contribution in [2.45, 2.75) is 219 Å². The Morgan fingerprint density at radius 3 is 1.55 bits per heavy atom. The van der Waals surface area contributed by atoms with Gasteiger partial charge in [0.1, 0.15) is 6.10 Å². The van der Waals surface area contributed by atoms with Gasteiger partial charge in [0.2, 0.25) is 0 Å². The van der Waals surface area contributed by atoms with Crippen LogP contribution < -0.4 is 5.73 Å². The lowest BCUT2D eigenvalue weighted by Crippen LogP contribution is -2.28. The van der Waals surface area contributed by atoms with Crippen LogP contribution in [0.15, 0.2) is 24.3 Å². The Labute approximate surface area is 327 Å². The molecular formula is C44H86NO7P. The summed E-state index contributed by atoms with van der Waals surface area (Å²) in [6.45, 7) is 4.87. The molecule has 0 aromatic heterocycles. The molecule has 3 N–H and O–H groups in total. The van der Waals surface area contributed by atoms with Crippen LogP contribution in [0.3, 0.4) is 0 Å². The molecular weight excluding hydrogens is 685 g/mol. The number of phosphoric ester groups is 1. The summed E-state index contributed by atoms with van der Waals surface area (Å²) < 4.78 is 33.4. The quantitative estimate of drug-likeness (QED) is 0.0272. The summed E-state index contributed by atoms with van der Waals surface area (Å²) in [5.74, 6) is -0.330. The third kappa shape index (κ3) is 42.0. The molecule has 2 atom stereocenters. The minimum Gasteiger partial charge on any atom is -0.457 e. The lowest BCUT2D eigenvalue weighted by Gasteiger charge is -2.20. The summed E-state index contributed by atoms with van der Waals surface area (Å²) in [5.41, 5.74) is 5.37. The van der Waals surface area contributed by atoms with E-state index in [-0.39, 0.29) is 32.3 Å². The summed E-state index contributed by atoms with van der Waals surface area (Å²) in [5, 5.41) is 0. The van der Waals surface area contributed by atoms with Gasteiger partial charge in [-0.25, -0.2) is 4.57 Å². The molecule has 8 nitrogen and oxygen atoms in total. The first kappa shape index (κ1) is 52.0. The highest BCUT2D eigenvalue weighted by atomic mass is 31.2. The molecule has 0 radical (unpaired) electrons. The van der Waals surface area contributed by atoms with Gasteiger partial charge in [-0.1, -0.05) is 192 Å². The number of hydrogen-bond donors (Lipinski definition) is 2. The average molecular weight is 772 g/mol. The van der Waals surface area contributed by atoms with Crippen LogP contribution in [0.2, 0.25) is 0 Å². The highest BCUT2D eigenvalue weighted by Crippen LogP contribution is 2.43. The molecule has 9 heteroatoms. The zero-order valence-corrected chi connectivity index (χ0v) is 35.7. The second-order valence-electron chi connectivity index (χ2n) is 14.9.